The molecular weight excluding hydrogens is 308 g/mol. The molecule has 2 aromatic rings. The van der Waals surface area contributed by atoms with Crippen LogP contribution in [0.15, 0.2) is 22.6 Å². The molecule has 1 aliphatic rings. The molecule has 0 saturated carbocycles. The standard InChI is InChI=1S/C18H24N2O4/c1-12-16(11-20-8-6-13(21)7-9-20)19-18(24-12)15-10-14(22-2)4-5-17(15)23-3/h4-5,10,13,21H,6-9,11H2,1-3H3. The molecule has 24 heavy (non-hydrogen) atoms. The van der Waals surface area contributed by atoms with Crippen molar-refractivity contribution in [1.29, 1.82) is 0 Å². The predicted octanol–water partition coefficient (Wildman–Crippen LogP) is 2.62. The number of hydrogen-bond acceptors (Lipinski definition) is 6. The van der Waals surface area contributed by atoms with Crippen molar-refractivity contribution in [2.24, 2.45) is 0 Å². The Bertz CT molecular complexity index is 690. The number of rotatable bonds is 5. The van der Waals surface area contributed by atoms with Crippen LogP contribution in [0.5, 0.6) is 11.5 Å². The van der Waals surface area contributed by atoms with Crippen molar-refractivity contribution >= 4 is 0 Å². The molecule has 0 spiro atoms. The van der Waals surface area contributed by atoms with Gasteiger partial charge in [0.15, 0.2) is 0 Å². The Morgan fingerprint density at radius 1 is 1.25 bits per heavy atom. The summed E-state index contributed by atoms with van der Waals surface area (Å²) >= 11 is 0. The fraction of sp³-hybridized carbons (Fsp3) is 0.500. The van der Waals surface area contributed by atoms with Crippen LogP contribution in [0, 0.1) is 6.92 Å². The highest BCUT2D eigenvalue weighted by Crippen LogP contribution is 2.34. The number of ether oxygens (including phenoxy) is 2. The first kappa shape index (κ1) is 16.8. The Labute approximate surface area is 142 Å². The van der Waals surface area contributed by atoms with Gasteiger partial charge in [0, 0.05) is 19.6 Å². The lowest BCUT2D eigenvalue weighted by Gasteiger charge is -2.28. The Balaban J connectivity index is 1.83. The minimum atomic E-state index is -0.170. The van der Waals surface area contributed by atoms with E-state index in [2.05, 4.69) is 9.88 Å². The van der Waals surface area contributed by atoms with Gasteiger partial charge in [0.2, 0.25) is 5.89 Å². The summed E-state index contributed by atoms with van der Waals surface area (Å²) in [7, 11) is 3.25. The summed E-state index contributed by atoms with van der Waals surface area (Å²) < 4.78 is 16.6. The van der Waals surface area contributed by atoms with Crippen LogP contribution < -0.4 is 9.47 Å². The normalized spacial score (nSPS) is 16.3. The minimum absolute atomic E-state index is 0.170. The van der Waals surface area contributed by atoms with Crippen LogP contribution in [0.3, 0.4) is 0 Å². The quantitative estimate of drug-likeness (QED) is 0.908. The van der Waals surface area contributed by atoms with E-state index in [1.54, 1.807) is 14.2 Å². The fourth-order valence-electron chi connectivity index (χ4n) is 2.96. The molecule has 0 radical (unpaired) electrons. The smallest absolute Gasteiger partial charge is 0.230 e. The summed E-state index contributed by atoms with van der Waals surface area (Å²) in [5.41, 5.74) is 1.70. The molecule has 1 aliphatic heterocycles. The van der Waals surface area contributed by atoms with E-state index >= 15 is 0 Å². The molecule has 6 nitrogen and oxygen atoms in total. The van der Waals surface area contributed by atoms with Gasteiger partial charge < -0.3 is 19.0 Å². The maximum absolute atomic E-state index is 9.62. The summed E-state index contributed by atoms with van der Waals surface area (Å²) in [5, 5.41) is 9.62. The second-order valence-electron chi connectivity index (χ2n) is 6.10. The van der Waals surface area contributed by atoms with E-state index in [0.29, 0.717) is 11.6 Å². The van der Waals surface area contributed by atoms with Crippen molar-refractivity contribution in [2.75, 3.05) is 27.3 Å². The van der Waals surface area contributed by atoms with E-state index in [-0.39, 0.29) is 6.10 Å². The van der Waals surface area contributed by atoms with Crippen molar-refractivity contribution in [1.82, 2.24) is 9.88 Å². The van der Waals surface area contributed by atoms with Crippen molar-refractivity contribution in [3.05, 3.63) is 29.7 Å². The van der Waals surface area contributed by atoms with Gasteiger partial charge in [-0.15, -0.1) is 0 Å². The van der Waals surface area contributed by atoms with Gasteiger partial charge >= 0.3 is 0 Å². The molecule has 3 rings (SSSR count). The van der Waals surface area contributed by atoms with Gasteiger partial charge in [-0.2, -0.15) is 0 Å². The molecule has 130 valence electrons. The van der Waals surface area contributed by atoms with Gasteiger partial charge in [0.05, 0.1) is 31.6 Å². The third kappa shape index (κ3) is 3.55. The lowest BCUT2D eigenvalue weighted by Crippen LogP contribution is -2.35. The minimum Gasteiger partial charge on any atom is -0.497 e. The van der Waals surface area contributed by atoms with Crippen LogP contribution >= 0.6 is 0 Å². The average Bonchev–Trinajstić information content (AvgIpc) is 2.97. The molecule has 2 heterocycles. The predicted molar refractivity (Wildman–Crippen MR) is 90.3 cm³/mol. The summed E-state index contributed by atoms with van der Waals surface area (Å²) in [6, 6.07) is 5.56. The number of hydrogen-bond donors (Lipinski definition) is 1. The Hall–Kier alpha value is -2.05. The number of methoxy groups -OCH3 is 2. The second-order valence-corrected chi connectivity index (χ2v) is 6.10. The number of aliphatic hydroxyl groups is 1. The number of oxazole rings is 1. The van der Waals surface area contributed by atoms with Gasteiger partial charge in [-0.25, -0.2) is 4.98 Å². The molecule has 0 unspecified atom stereocenters. The molecule has 0 atom stereocenters. The zero-order valence-corrected chi connectivity index (χ0v) is 14.4. The monoisotopic (exact) mass is 332 g/mol. The third-order valence-corrected chi connectivity index (χ3v) is 4.46. The van der Waals surface area contributed by atoms with E-state index in [4.69, 9.17) is 13.9 Å². The van der Waals surface area contributed by atoms with Crippen molar-refractivity contribution in [3.8, 4) is 23.0 Å². The van der Waals surface area contributed by atoms with Crippen molar-refractivity contribution < 1.29 is 19.0 Å². The van der Waals surface area contributed by atoms with E-state index in [0.717, 1.165) is 55.2 Å². The SMILES string of the molecule is COc1ccc(OC)c(-c2nc(CN3CCC(O)CC3)c(C)o2)c1. The highest BCUT2D eigenvalue weighted by molar-refractivity contribution is 5.65. The van der Waals surface area contributed by atoms with Crippen LogP contribution in [-0.2, 0) is 6.54 Å². The van der Waals surface area contributed by atoms with E-state index in [9.17, 15) is 5.11 Å². The van der Waals surface area contributed by atoms with Gasteiger partial charge in [0.1, 0.15) is 17.3 Å². The molecule has 1 saturated heterocycles. The van der Waals surface area contributed by atoms with Crippen molar-refractivity contribution in [3.63, 3.8) is 0 Å². The number of benzene rings is 1. The van der Waals surface area contributed by atoms with Gasteiger partial charge in [0.25, 0.3) is 0 Å². The summed E-state index contributed by atoms with van der Waals surface area (Å²) in [6.07, 6.45) is 1.46. The lowest BCUT2D eigenvalue weighted by atomic mass is 10.1. The average molecular weight is 332 g/mol. The zero-order chi connectivity index (χ0) is 17.1. The second kappa shape index (κ2) is 7.23. The first-order valence-corrected chi connectivity index (χ1v) is 8.20. The molecular formula is C18H24N2O4. The van der Waals surface area contributed by atoms with Crippen LogP contribution in [0.2, 0.25) is 0 Å². The Kier molecular flexibility index (Phi) is 5.06. The Morgan fingerprint density at radius 2 is 2.00 bits per heavy atom. The number of nitrogens with zero attached hydrogens (tertiary/aromatic N) is 2. The van der Waals surface area contributed by atoms with Crippen molar-refractivity contribution in [2.45, 2.75) is 32.4 Å². The molecule has 1 fully saturated rings. The van der Waals surface area contributed by atoms with Crippen LogP contribution in [0.1, 0.15) is 24.3 Å². The number of likely N-dealkylation sites (tertiary alicyclic amines) is 1. The fourth-order valence-corrected chi connectivity index (χ4v) is 2.96. The molecule has 0 bridgehead atoms. The maximum atomic E-state index is 9.62. The van der Waals surface area contributed by atoms with E-state index in [1.165, 1.54) is 0 Å². The number of piperidine rings is 1. The number of aryl methyl sites for hydroxylation is 1. The summed E-state index contributed by atoms with van der Waals surface area (Å²) in [6.45, 7) is 4.42. The number of aromatic nitrogens is 1. The highest BCUT2D eigenvalue weighted by atomic mass is 16.5. The highest BCUT2D eigenvalue weighted by Gasteiger charge is 2.21. The van der Waals surface area contributed by atoms with E-state index in [1.807, 2.05) is 25.1 Å². The van der Waals surface area contributed by atoms with Gasteiger partial charge in [-0.1, -0.05) is 0 Å². The molecule has 1 aromatic carbocycles. The van der Waals surface area contributed by atoms with Crippen LogP contribution in [0.4, 0.5) is 0 Å². The maximum Gasteiger partial charge on any atom is 0.230 e. The van der Waals surface area contributed by atoms with Crippen LogP contribution in [0.25, 0.3) is 11.5 Å². The lowest BCUT2D eigenvalue weighted by molar-refractivity contribution is 0.0785. The third-order valence-electron chi connectivity index (χ3n) is 4.46. The van der Waals surface area contributed by atoms with E-state index < -0.39 is 0 Å². The zero-order valence-electron chi connectivity index (χ0n) is 14.4. The molecule has 0 amide bonds. The first-order chi connectivity index (χ1) is 11.6. The molecule has 0 aliphatic carbocycles. The Morgan fingerprint density at radius 3 is 2.67 bits per heavy atom. The summed E-state index contributed by atoms with van der Waals surface area (Å²) in [5.74, 6) is 2.77. The molecule has 1 N–H and O–H groups in total. The van der Waals surface area contributed by atoms with Gasteiger partial charge in [-0.3, -0.25) is 4.90 Å². The molecule has 1 aromatic heterocycles. The molecule has 6 heteroatoms. The number of aliphatic hydroxyl groups excluding tert-OH is 1. The topological polar surface area (TPSA) is 68.0 Å². The van der Waals surface area contributed by atoms with Gasteiger partial charge in [-0.05, 0) is 38.0 Å². The van der Waals surface area contributed by atoms with Crippen LogP contribution in [-0.4, -0.2) is 48.4 Å². The summed E-state index contributed by atoms with van der Waals surface area (Å²) in [4.78, 5) is 6.97. The largest absolute Gasteiger partial charge is 0.497 e. The first-order valence-electron chi connectivity index (χ1n) is 8.20.